The number of nitrogens with zero attached hydrogens (tertiary/aromatic N) is 1. The highest BCUT2D eigenvalue weighted by molar-refractivity contribution is 5.96. The van der Waals surface area contributed by atoms with Crippen LogP contribution in [0.15, 0.2) is 18.2 Å². The Balaban J connectivity index is 2.21. The third-order valence-corrected chi connectivity index (χ3v) is 4.08. The van der Waals surface area contributed by atoms with E-state index in [9.17, 15) is 9.90 Å². The van der Waals surface area contributed by atoms with Crippen molar-refractivity contribution in [3.8, 4) is 11.8 Å². The largest absolute Gasteiger partial charge is 0.393 e. The van der Waals surface area contributed by atoms with Crippen molar-refractivity contribution in [2.75, 3.05) is 19.6 Å². The van der Waals surface area contributed by atoms with Crippen LogP contribution in [0.2, 0.25) is 0 Å². The molecule has 0 spiro atoms. The molecule has 0 aliphatic carbocycles. The molecular formula is C17H22N2O2. The number of likely N-dealkylation sites (tertiary alicyclic amines) is 1. The minimum absolute atomic E-state index is 0.0204. The van der Waals surface area contributed by atoms with Gasteiger partial charge in [-0.1, -0.05) is 17.9 Å². The number of aliphatic hydroxyl groups excluding tert-OH is 1. The molecule has 1 aromatic carbocycles. The minimum atomic E-state index is -0.370. The summed E-state index contributed by atoms with van der Waals surface area (Å²) in [5.41, 5.74) is 7.82. The van der Waals surface area contributed by atoms with E-state index in [1.807, 2.05) is 30.0 Å². The highest BCUT2D eigenvalue weighted by Crippen LogP contribution is 2.23. The average molecular weight is 286 g/mol. The molecule has 2 atom stereocenters. The third-order valence-electron chi connectivity index (χ3n) is 4.08. The van der Waals surface area contributed by atoms with Crippen LogP contribution in [0.5, 0.6) is 0 Å². The predicted octanol–water partition coefficient (Wildman–Crippen LogP) is 1.15. The molecule has 0 saturated carbocycles. The van der Waals surface area contributed by atoms with Crippen molar-refractivity contribution >= 4 is 5.91 Å². The maximum absolute atomic E-state index is 12.6. The fraction of sp³-hybridized carbons (Fsp3) is 0.471. The Bertz CT molecular complexity index is 584. The van der Waals surface area contributed by atoms with Gasteiger partial charge in [0.1, 0.15) is 0 Å². The SMILES string of the molecule is Cc1c(C#CCN)cccc1C(=O)N1CCC(C(C)O)C1. The normalized spacial score (nSPS) is 19.0. The number of benzene rings is 1. The summed E-state index contributed by atoms with van der Waals surface area (Å²) in [6, 6.07) is 5.58. The summed E-state index contributed by atoms with van der Waals surface area (Å²) < 4.78 is 0. The van der Waals surface area contributed by atoms with Gasteiger partial charge < -0.3 is 15.7 Å². The second-order valence-electron chi connectivity index (χ2n) is 5.52. The summed E-state index contributed by atoms with van der Waals surface area (Å²) in [4.78, 5) is 14.5. The molecule has 1 amide bonds. The summed E-state index contributed by atoms with van der Waals surface area (Å²) in [6.07, 6.45) is 0.487. The monoisotopic (exact) mass is 286 g/mol. The third kappa shape index (κ3) is 3.44. The Morgan fingerprint density at radius 3 is 2.95 bits per heavy atom. The number of hydrogen-bond acceptors (Lipinski definition) is 3. The molecule has 2 unspecified atom stereocenters. The molecule has 1 heterocycles. The first-order valence-corrected chi connectivity index (χ1v) is 7.30. The van der Waals surface area contributed by atoms with Gasteiger partial charge in [-0.3, -0.25) is 4.79 Å². The Morgan fingerprint density at radius 2 is 2.33 bits per heavy atom. The van der Waals surface area contributed by atoms with Gasteiger partial charge in [0.2, 0.25) is 0 Å². The topological polar surface area (TPSA) is 66.6 Å². The average Bonchev–Trinajstić information content (AvgIpc) is 2.95. The van der Waals surface area contributed by atoms with E-state index in [4.69, 9.17) is 5.73 Å². The maximum Gasteiger partial charge on any atom is 0.254 e. The van der Waals surface area contributed by atoms with Crippen molar-refractivity contribution in [3.05, 3.63) is 34.9 Å². The summed E-state index contributed by atoms with van der Waals surface area (Å²) in [6.45, 7) is 5.32. The number of aliphatic hydroxyl groups is 1. The summed E-state index contributed by atoms with van der Waals surface area (Å²) in [7, 11) is 0. The van der Waals surface area contributed by atoms with E-state index in [0.29, 0.717) is 25.2 Å². The Hall–Kier alpha value is -1.83. The smallest absolute Gasteiger partial charge is 0.254 e. The molecule has 0 aromatic heterocycles. The fourth-order valence-corrected chi connectivity index (χ4v) is 2.68. The van der Waals surface area contributed by atoms with Gasteiger partial charge in [-0.25, -0.2) is 0 Å². The first-order chi connectivity index (χ1) is 10.0. The van der Waals surface area contributed by atoms with E-state index in [2.05, 4.69) is 11.8 Å². The van der Waals surface area contributed by atoms with Crippen LogP contribution in [0.25, 0.3) is 0 Å². The van der Waals surface area contributed by atoms with Crippen molar-refractivity contribution < 1.29 is 9.90 Å². The second kappa shape index (κ2) is 6.75. The predicted molar refractivity (Wildman–Crippen MR) is 82.8 cm³/mol. The first-order valence-electron chi connectivity index (χ1n) is 7.30. The van der Waals surface area contributed by atoms with Crippen LogP contribution in [-0.2, 0) is 0 Å². The van der Waals surface area contributed by atoms with Gasteiger partial charge in [0.25, 0.3) is 5.91 Å². The fourth-order valence-electron chi connectivity index (χ4n) is 2.68. The van der Waals surface area contributed by atoms with Crippen molar-refractivity contribution in [2.45, 2.75) is 26.4 Å². The van der Waals surface area contributed by atoms with Gasteiger partial charge in [0.15, 0.2) is 0 Å². The van der Waals surface area contributed by atoms with Crippen molar-refractivity contribution in [3.63, 3.8) is 0 Å². The molecule has 112 valence electrons. The van der Waals surface area contributed by atoms with Crippen LogP contribution in [0.3, 0.4) is 0 Å². The van der Waals surface area contributed by atoms with Crippen LogP contribution in [0, 0.1) is 24.7 Å². The quantitative estimate of drug-likeness (QED) is 0.801. The molecule has 3 N–H and O–H groups in total. The lowest BCUT2D eigenvalue weighted by Crippen LogP contribution is -2.31. The van der Waals surface area contributed by atoms with Crippen LogP contribution in [0.4, 0.5) is 0 Å². The lowest BCUT2D eigenvalue weighted by Gasteiger charge is -2.19. The van der Waals surface area contributed by atoms with Gasteiger partial charge in [0, 0.05) is 30.1 Å². The zero-order chi connectivity index (χ0) is 15.4. The van der Waals surface area contributed by atoms with Gasteiger partial charge in [0.05, 0.1) is 12.6 Å². The van der Waals surface area contributed by atoms with Crippen molar-refractivity contribution in [1.82, 2.24) is 4.90 Å². The summed E-state index contributed by atoms with van der Waals surface area (Å²) in [5.74, 6) is 6.02. The molecule has 0 radical (unpaired) electrons. The van der Waals surface area contributed by atoms with Crippen LogP contribution < -0.4 is 5.73 Å². The Morgan fingerprint density at radius 1 is 1.57 bits per heavy atom. The van der Waals surface area contributed by atoms with Crippen molar-refractivity contribution in [1.29, 1.82) is 0 Å². The van der Waals surface area contributed by atoms with E-state index in [0.717, 1.165) is 17.5 Å². The molecule has 2 rings (SSSR count). The van der Waals surface area contributed by atoms with Crippen LogP contribution in [0.1, 0.15) is 34.8 Å². The molecule has 0 bridgehead atoms. The van der Waals surface area contributed by atoms with E-state index in [-0.39, 0.29) is 17.9 Å². The first kappa shape index (κ1) is 15.6. The molecule has 1 fully saturated rings. The Labute approximate surface area is 125 Å². The van der Waals surface area contributed by atoms with E-state index < -0.39 is 0 Å². The molecular weight excluding hydrogens is 264 g/mol. The van der Waals surface area contributed by atoms with Crippen molar-refractivity contribution in [2.24, 2.45) is 11.7 Å². The molecule has 1 aliphatic heterocycles. The molecule has 1 saturated heterocycles. The van der Waals surface area contributed by atoms with Crippen LogP contribution >= 0.6 is 0 Å². The number of nitrogens with two attached hydrogens (primary N) is 1. The van der Waals surface area contributed by atoms with Gasteiger partial charge in [-0.05, 0) is 38.0 Å². The number of rotatable bonds is 2. The van der Waals surface area contributed by atoms with E-state index in [1.165, 1.54) is 0 Å². The zero-order valence-corrected chi connectivity index (χ0v) is 12.6. The van der Waals surface area contributed by atoms with E-state index in [1.54, 1.807) is 6.92 Å². The molecule has 21 heavy (non-hydrogen) atoms. The molecule has 1 aromatic rings. The maximum atomic E-state index is 12.6. The summed E-state index contributed by atoms with van der Waals surface area (Å²) in [5, 5.41) is 9.65. The minimum Gasteiger partial charge on any atom is -0.393 e. The summed E-state index contributed by atoms with van der Waals surface area (Å²) >= 11 is 0. The highest BCUT2D eigenvalue weighted by atomic mass is 16.3. The number of amides is 1. The number of hydrogen-bond donors (Lipinski definition) is 2. The van der Waals surface area contributed by atoms with Gasteiger partial charge in [-0.15, -0.1) is 0 Å². The second-order valence-corrected chi connectivity index (χ2v) is 5.52. The van der Waals surface area contributed by atoms with Gasteiger partial charge in [-0.2, -0.15) is 0 Å². The Kier molecular flexibility index (Phi) is 5.00. The van der Waals surface area contributed by atoms with E-state index >= 15 is 0 Å². The lowest BCUT2D eigenvalue weighted by molar-refractivity contribution is 0.0761. The molecule has 4 nitrogen and oxygen atoms in total. The van der Waals surface area contributed by atoms with Crippen LogP contribution in [-0.4, -0.2) is 41.7 Å². The highest BCUT2D eigenvalue weighted by Gasteiger charge is 2.30. The number of carbonyl (C=O) groups excluding carboxylic acids is 1. The molecule has 4 heteroatoms. The van der Waals surface area contributed by atoms with Gasteiger partial charge >= 0.3 is 0 Å². The molecule has 1 aliphatic rings. The number of carbonyl (C=O) groups is 1. The zero-order valence-electron chi connectivity index (χ0n) is 12.6. The lowest BCUT2D eigenvalue weighted by atomic mass is 10.0. The standard InChI is InChI=1S/C17H22N2O2/c1-12-14(6-4-9-18)5-3-7-16(12)17(21)19-10-8-15(11-19)13(2)20/h3,5,7,13,15,20H,8-11,18H2,1-2H3.